The molecule has 0 saturated heterocycles. The van der Waals surface area contributed by atoms with Gasteiger partial charge in [0.25, 0.3) is 0 Å². The number of nitro groups is 1. The summed E-state index contributed by atoms with van der Waals surface area (Å²) in [5.41, 5.74) is -0.268. The van der Waals surface area contributed by atoms with Crippen LogP contribution in [0, 0.1) is 15.9 Å². The molecule has 13 heavy (non-hydrogen) atoms. The molecule has 0 amide bonds. The number of benzene rings is 1. The van der Waals surface area contributed by atoms with E-state index in [1.165, 1.54) is 7.11 Å². The van der Waals surface area contributed by atoms with Gasteiger partial charge >= 0.3 is 5.69 Å². The number of methoxy groups -OCH3 is 1. The molecule has 4 nitrogen and oxygen atoms in total. The molecular weight excluding hydrogens is 245 g/mol. The van der Waals surface area contributed by atoms with Crippen molar-refractivity contribution in [3.8, 4) is 5.75 Å². The van der Waals surface area contributed by atoms with Gasteiger partial charge in [0.15, 0.2) is 5.75 Å². The van der Waals surface area contributed by atoms with Gasteiger partial charge in [0.2, 0.25) is 0 Å². The van der Waals surface area contributed by atoms with Crippen LogP contribution < -0.4 is 4.74 Å². The molecule has 1 aromatic rings. The summed E-state index contributed by atoms with van der Waals surface area (Å²) in [5.74, 6) is -0.687. The number of hydrogen-bond donors (Lipinski definition) is 0. The Bertz CT molecular complexity index is 356. The minimum Gasteiger partial charge on any atom is -0.490 e. The van der Waals surface area contributed by atoms with Gasteiger partial charge in [-0.2, -0.15) is 0 Å². The average Bonchev–Trinajstić information content (AvgIpc) is 2.08. The summed E-state index contributed by atoms with van der Waals surface area (Å²) in [6.45, 7) is 0. The van der Waals surface area contributed by atoms with Crippen LogP contribution in [-0.4, -0.2) is 12.0 Å². The Morgan fingerprint density at radius 2 is 2.23 bits per heavy atom. The van der Waals surface area contributed by atoms with Gasteiger partial charge in [-0.05, 0) is 15.9 Å². The maximum absolute atomic E-state index is 12.9. The van der Waals surface area contributed by atoms with Crippen LogP contribution >= 0.6 is 15.9 Å². The van der Waals surface area contributed by atoms with Crippen LogP contribution in [0.3, 0.4) is 0 Å². The Morgan fingerprint density at radius 1 is 1.62 bits per heavy atom. The molecule has 0 fully saturated rings. The maximum atomic E-state index is 12.9. The first-order chi connectivity index (χ1) is 6.06. The number of nitrogens with zero attached hydrogens (tertiary/aromatic N) is 1. The van der Waals surface area contributed by atoms with Gasteiger partial charge < -0.3 is 4.74 Å². The zero-order valence-electron chi connectivity index (χ0n) is 6.58. The third-order valence-corrected chi connectivity index (χ3v) is 2.03. The first kappa shape index (κ1) is 9.91. The van der Waals surface area contributed by atoms with E-state index in [1.807, 2.05) is 0 Å². The first-order valence-corrected chi connectivity index (χ1v) is 4.03. The Labute approximate surface area is 81.6 Å². The van der Waals surface area contributed by atoms with Crippen molar-refractivity contribution in [2.45, 2.75) is 0 Å². The van der Waals surface area contributed by atoms with Gasteiger partial charge in [-0.15, -0.1) is 0 Å². The molecule has 0 unspecified atom stereocenters. The Hall–Kier alpha value is -1.17. The molecule has 0 aliphatic rings. The zero-order valence-corrected chi connectivity index (χ0v) is 8.17. The molecule has 0 aromatic heterocycles. The lowest BCUT2D eigenvalue weighted by atomic mass is 10.3. The highest BCUT2D eigenvalue weighted by molar-refractivity contribution is 9.10. The second kappa shape index (κ2) is 3.69. The van der Waals surface area contributed by atoms with E-state index in [4.69, 9.17) is 0 Å². The number of nitro benzene ring substituents is 1. The summed E-state index contributed by atoms with van der Waals surface area (Å²) < 4.78 is 17.5. The lowest BCUT2D eigenvalue weighted by molar-refractivity contribution is -0.385. The number of hydrogen-bond acceptors (Lipinski definition) is 3. The van der Waals surface area contributed by atoms with E-state index >= 15 is 0 Å². The van der Waals surface area contributed by atoms with Crippen LogP contribution in [0.5, 0.6) is 5.75 Å². The largest absolute Gasteiger partial charge is 0.490 e. The van der Waals surface area contributed by atoms with E-state index in [1.54, 1.807) is 0 Å². The second-order valence-electron chi connectivity index (χ2n) is 2.20. The predicted molar refractivity (Wildman–Crippen MR) is 47.3 cm³/mol. The van der Waals surface area contributed by atoms with Crippen molar-refractivity contribution in [1.29, 1.82) is 0 Å². The van der Waals surface area contributed by atoms with E-state index in [9.17, 15) is 14.5 Å². The monoisotopic (exact) mass is 249 g/mol. The van der Waals surface area contributed by atoms with Gasteiger partial charge in [-0.3, -0.25) is 10.1 Å². The van der Waals surface area contributed by atoms with E-state index in [0.29, 0.717) is 0 Å². The van der Waals surface area contributed by atoms with Crippen molar-refractivity contribution in [1.82, 2.24) is 0 Å². The van der Waals surface area contributed by atoms with Crippen LogP contribution in [0.25, 0.3) is 0 Å². The number of rotatable bonds is 2. The van der Waals surface area contributed by atoms with Crippen LogP contribution in [0.4, 0.5) is 10.1 Å². The second-order valence-corrected chi connectivity index (χ2v) is 3.05. The fraction of sp³-hybridized carbons (Fsp3) is 0.143. The molecule has 6 heteroatoms. The molecule has 1 rings (SSSR count). The molecule has 1 aromatic carbocycles. The van der Waals surface area contributed by atoms with Crippen LogP contribution in [-0.2, 0) is 0 Å². The van der Waals surface area contributed by atoms with Gasteiger partial charge in [-0.1, -0.05) is 0 Å². The topological polar surface area (TPSA) is 52.4 Å². The van der Waals surface area contributed by atoms with Crippen molar-refractivity contribution < 1.29 is 14.1 Å². The molecule has 0 aliphatic carbocycles. The molecule has 70 valence electrons. The summed E-state index contributed by atoms with van der Waals surface area (Å²) in [5, 5.41) is 10.4. The quantitative estimate of drug-likeness (QED) is 0.598. The molecule has 0 saturated carbocycles. The van der Waals surface area contributed by atoms with Gasteiger partial charge in [-0.25, -0.2) is 4.39 Å². The molecule has 0 N–H and O–H groups in total. The fourth-order valence-corrected chi connectivity index (χ4v) is 1.16. The number of halogens is 2. The predicted octanol–water partition coefficient (Wildman–Crippen LogP) is 2.51. The van der Waals surface area contributed by atoms with E-state index in [2.05, 4.69) is 20.7 Å². The van der Waals surface area contributed by atoms with Gasteiger partial charge in [0.05, 0.1) is 16.5 Å². The van der Waals surface area contributed by atoms with Gasteiger partial charge in [0, 0.05) is 12.1 Å². The SMILES string of the molecule is COc1cc(F)c(Br)cc1[N+](=O)[O-]. The summed E-state index contributed by atoms with van der Waals surface area (Å²) in [7, 11) is 1.25. The molecule has 0 radical (unpaired) electrons. The van der Waals surface area contributed by atoms with Crippen LogP contribution in [0.15, 0.2) is 16.6 Å². The normalized spacial score (nSPS) is 9.77. The molecule has 0 heterocycles. The molecule has 0 atom stereocenters. The van der Waals surface area contributed by atoms with E-state index < -0.39 is 10.7 Å². The fourth-order valence-electron chi connectivity index (χ4n) is 0.824. The molecule has 0 spiro atoms. The zero-order chi connectivity index (χ0) is 10.0. The van der Waals surface area contributed by atoms with Crippen molar-refractivity contribution in [2.24, 2.45) is 0 Å². The van der Waals surface area contributed by atoms with Crippen molar-refractivity contribution >= 4 is 21.6 Å². The summed E-state index contributed by atoms with van der Waals surface area (Å²) in [4.78, 5) is 9.79. The third kappa shape index (κ3) is 1.95. The van der Waals surface area contributed by atoms with E-state index in [-0.39, 0.29) is 15.9 Å². The first-order valence-electron chi connectivity index (χ1n) is 3.23. The highest BCUT2D eigenvalue weighted by Gasteiger charge is 2.17. The summed E-state index contributed by atoms with van der Waals surface area (Å²) in [6.07, 6.45) is 0. The molecule has 0 aliphatic heterocycles. The summed E-state index contributed by atoms with van der Waals surface area (Å²) in [6, 6.07) is 2.02. The average molecular weight is 250 g/mol. The molecule has 0 bridgehead atoms. The minimum absolute atomic E-state index is 0.0417. The summed E-state index contributed by atoms with van der Waals surface area (Å²) >= 11 is 2.84. The van der Waals surface area contributed by atoms with Crippen molar-refractivity contribution in [2.75, 3.05) is 7.11 Å². The molecular formula is C7H5BrFNO3. The Kier molecular flexibility index (Phi) is 2.82. The Balaban J connectivity index is 3.33. The third-order valence-electron chi connectivity index (χ3n) is 1.42. The standard InChI is InChI=1S/C7H5BrFNO3/c1-13-7-3-5(9)4(8)2-6(7)10(11)12/h2-3H,1H3. The lowest BCUT2D eigenvalue weighted by Gasteiger charge is -2.02. The van der Waals surface area contributed by atoms with Crippen molar-refractivity contribution in [3.63, 3.8) is 0 Å². The van der Waals surface area contributed by atoms with Gasteiger partial charge in [0.1, 0.15) is 5.82 Å². The van der Waals surface area contributed by atoms with E-state index in [0.717, 1.165) is 12.1 Å². The van der Waals surface area contributed by atoms with Crippen LogP contribution in [0.1, 0.15) is 0 Å². The highest BCUT2D eigenvalue weighted by atomic mass is 79.9. The highest BCUT2D eigenvalue weighted by Crippen LogP contribution is 2.31. The minimum atomic E-state index is -0.636. The lowest BCUT2D eigenvalue weighted by Crippen LogP contribution is -1.94. The maximum Gasteiger partial charge on any atom is 0.312 e. The smallest absolute Gasteiger partial charge is 0.312 e. The van der Waals surface area contributed by atoms with Crippen LogP contribution in [0.2, 0.25) is 0 Å². The number of ether oxygens (including phenoxy) is 1. The Morgan fingerprint density at radius 3 is 2.69 bits per heavy atom. The van der Waals surface area contributed by atoms with Crippen molar-refractivity contribution in [3.05, 3.63) is 32.5 Å².